The van der Waals surface area contributed by atoms with Crippen LogP contribution in [0.2, 0.25) is 0 Å². The van der Waals surface area contributed by atoms with Gasteiger partial charge in [-0.1, -0.05) is 31.5 Å². The zero-order valence-corrected chi connectivity index (χ0v) is 13.4. The summed E-state index contributed by atoms with van der Waals surface area (Å²) < 4.78 is 0.983. The van der Waals surface area contributed by atoms with Crippen molar-refractivity contribution in [1.82, 2.24) is 10.3 Å². The Kier molecular flexibility index (Phi) is 5.28. The van der Waals surface area contributed by atoms with Crippen LogP contribution in [0.15, 0.2) is 9.72 Å². The van der Waals surface area contributed by atoms with Crippen molar-refractivity contribution in [1.29, 1.82) is 0 Å². The number of hydrogen-bond acceptors (Lipinski definition) is 4. The van der Waals surface area contributed by atoms with E-state index in [1.54, 1.807) is 23.1 Å². The Hall–Kier alpha value is -0.550. The Bertz CT molecular complexity index is 433. The normalized spacial score (nSPS) is 25.0. The van der Waals surface area contributed by atoms with E-state index < -0.39 is 0 Å². The maximum absolute atomic E-state index is 12.2. The van der Waals surface area contributed by atoms with Crippen molar-refractivity contribution >= 4 is 29.0 Å². The lowest BCUT2D eigenvalue weighted by Gasteiger charge is -2.30. The number of aryl methyl sites for hydroxylation is 1. The molecule has 1 amide bonds. The van der Waals surface area contributed by atoms with Gasteiger partial charge >= 0.3 is 0 Å². The standard InChI is InChI=1S/C14H22N2OS2/c1-9-6-4-5-7-12(9)16-13(17)11(3)19-14-15-10(2)8-18-14/h8-9,11-12H,4-7H2,1-3H3,(H,16,17)/t9-,11-,12+/m1/s1. The summed E-state index contributed by atoms with van der Waals surface area (Å²) in [5.41, 5.74) is 1.03. The lowest BCUT2D eigenvalue weighted by molar-refractivity contribution is -0.121. The molecule has 0 spiro atoms. The molecule has 3 atom stereocenters. The van der Waals surface area contributed by atoms with Gasteiger partial charge < -0.3 is 5.32 Å². The number of nitrogens with zero attached hydrogens (tertiary/aromatic N) is 1. The number of carbonyl (C=O) groups is 1. The highest BCUT2D eigenvalue weighted by Gasteiger charge is 2.25. The first kappa shape index (κ1) is 14.9. The Morgan fingerprint density at radius 1 is 1.53 bits per heavy atom. The first-order valence-corrected chi connectivity index (χ1v) is 8.71. The minimum absolute atomic E-state index is 0.0697. The number of aromatic nitrogens is 1. The molecule has 1 saturated carbocycles. The van der Waals surface area contributed by atoms with Gasteiger partial charge in [0.1, 0.15) is 0 Å². The molecule has 1 aromatic rings. The molecule has 1 aliphatic rings. The van der Waals surface area contributed by atoms with Crippen LogP contribution in [0.1, 0.15) is 45.2 Å². The zero-order valence-electron chi connectivity index (χ0n) is 11.8. The summed E-state index contributed by atoms with van der Waals surface area (Å²) in [7, 11) is 0. The Morgan fingerprint density at radius 3 is 2.89 bits per heavy atom. The lowest BCUT2D eigenvalue weighted by atomic mass is 9.86. The van der Waals surface area contributed by atoms with Crippen LogP contribution in [-0.4, -0.2) is 22.2 Å². The van der Waals surface area contributed by atoms with Gasteiger partial charge in [0.25, 0.3) is 0 Å². The molecule has 1 N–H and O–H groups in total. The SMILES string of the molecule is Cc1csc(S[C@H](C)C(=O)N[C@H]2CCCC[C@H]2C)n1. The summed E-state index contributed by atoms with van der Waals surface area (Å²) in [4.78, 5) is 16.6. The highest BCUT2D eigenvalue weighted by Crippen LogP contribution is 2.28. The quantitative estimate of drug-likeness (QED) is 0.863. The molecule has 1 aliphatic carbocycles. The monoisotopic (exact) mass is 298 g/mol. The molecular weight excluding hydrogens is 276 g/mol. The molecule has 3 nitrogen and oxygen atoms in total. The van der Waals surface area contributed by atoms with Gasteiger partial charge in [0.2, 0.25) is 5.91 Å². The Balaban J connectivity index is 1.85. The fourth-order valence-electron chi connectivity index (χ4n) is 2.42. The summed E-state index contributed by atoms with van der Waals surface area (Å²) in [6, 6.07) is 0.363. The van der Waals surface area contributed by atoms with Gasteiger partial charge in [0, 0.05) is 17.1 Å². The summed E-state index contributed by atoms with van der Waals surface area (Å²) in [5, 5.41) is 5.17. The number of thiazole rings is 1. The average molecular weight is 298 g/mol. The highest BCUT2D eigenvalue weighted by molar-refractivity contribution is 8.02. The second kappa shape index (κ2) is 6.75. The van der Waals surface area contributed by atoms with Gasteiger partial charge in [-0.25, -0.2) is 4.98 Å². The molecule has 0 radical (unpaired) electrons. The van der Waals surface area contributed by atoms with Gasteiger partial charge in [-0.05, 0) is 32.6 Å². The van der Waals surface area contributed by atoms with Gasteiger partial charge in [-0.15, -0.1) is 11.3 Å². The van der Waals surface area contributed by atoms with Crippen molar-refractivity contribution in [2.24, 2.45) is 5.92 Å². The van der Waals surface area contributed by atoms with Gasteiger partial charge in [-0.2, -0.15) is 0 Å². The molecular formula is C14H22N2OS2. The van der Waals surface area contributed by atoms with Crippen molar-refractivity contribution in [2.75, 3.05) is 0 Å². The second-order valence-corrected chi connectivity index (χ2v) is 7.84. The van der Waals surface area contributed by atoms with Crippen molar-refractivity contribution in [3.05, 3.63) is 11.1 Å². The summed E-state index contributed by atoms with van der Waals surface area (Å²) >= 11 is 3.17. The van der Waals surface area contributed by atoms with E-state index >= 15 is 0 Å². The summed E-state index contributed by atoms with van der Waals surface area (Å²) in [5.74, 6) is 0.758. The summed E-state index contributed by atoms with van der Waals surface area (Å²) in [6.45, 7) is 6.19. The van der Waals surface area contributed by atoms with E-state index in [1.165, 1.54) is 19.3 Å². The number of rotatable bonds is 4. The second-order valence-electron chi connectivity index (χ2n) is 5.39. The van der Waals surface area contributed by atoms with Gasteiger partial charge in [0.05, 0.1) is 5.25 Å². The van der Waals surface area contributed by atoms with Crippen LogP contribution < -0.4 is 5.32 Å². The van der Waals surface area contributed by atoms with E-state index in [9.17, 15) is 4.79 Å². The molecule has 1 fully saturated rings. The minimum Gasteiger partial charge on any atom is -0.352 e. The molecule has 5 heteroatoms. The van der Waals surface area contributed by atoms with E-state index in [-0.39, 0.29) is 11.2 Å². The van der Waals surface area contributed by atoms with E-state index in [2.05, 4.69) is 17.2 Å². The van der Waals surface area contributed by atoms with Crippen LogP contribution in [0.5, 0.6) is 0 Å². The smallest absolute Gasteiger partial charge is 0.233 e. The van der Waals surface area contributed by atoms with E-state index in [1.807, 2.05) is 19.2 Å². The topological polar surface area (TPSA) is 42.0 Å². The molecule has 0 bridgehead atoms. The predicted octanol–water partition coefficient (Wildman–Crippen LogP) is 3.63. The van der Waals surface area contributed by atoms with Crippen LogP contribution in [0.25, 0.3) is 0 Å². The number of amides is 1. The average Bonchev–Trinajstić information content (AvgIpc) is 2.77. The number of nitrogens with one attached hydrogen (secondary N) is 1. The molecule has 1 heterocycles. The third kappa shape index (κ3) is 4.21. The maximum atomic E-state index is 12.2. The van der Waals surface area contributed by atoms with E-state index in [4.69, 9.17) is 0 Å². The van der Waals surface area contributed by atoms with E-state index in [0.29, 0.717) is 12.0 Å². The van der Waals surface area contributed by atoms with Gasteiger partial charge in [0.15, 0.2) is 4.34 Å². The van der Waals surface area contributed by atoms with E-state index in [0.717, 1.165) is 16.5 Å². The van der Waals surface area contributed by atoms with Crippen molar-refractivity contribution in [3.8, 4) is 0 Å². The van der Waals surface area contributed by atoms with Crippen molar-refractivity contribution in [3.63, 3.8) is 0 Å². The van der Waals surface area contributed by atoms with Gasteiger partial charge in [-0.3, -0.25) is 4.79 Å². The first-order valence-electron chi connectivity index (χ1n) is 6.95. The van der Waals surface area contributed by atoms with Crippen LogP contribution >= 0.6 is 23.1 Å². The minimum atomic E-state index is -0.0697. The molecule has 0 aromatic carbocycles. The van der Waals surface area contributed by atoms with Crippen LogP contribution in [0.3, 0.4) is 0 Å². The third-order valence-electron chi connectivity index (χ3n) is 3.68. The maximum Gasteiger partial charge on any atom is 0.233 e. The van der Waals surface area contributed by atoms with Crippen molar-refractivity contribution in [2.45, 2.75) is 62.1 Å². The van der Waals surface area contributed by atoms with Crippen LogP contribution in [0, 0.1) is 12.8 Å². The molecule has 106 valence electrons. The number of thioether (sulfide) groups is 1. The summed E-state index contributed by atoms with van der Waals surface area (Å²) in [6.07, 6.45) is 4.90. The first-order chi connectivity index (χ1) is 9.06. The fraction of sp³-hybridized carbons (Fsp3) is 0.714. The molecule has 19 heavy (non-hydrogen) atoms. The molecule has 1 aromatic heterocycles. The largest absolute Gasteiger partial charge is 0.352 e. The Morgan fingerprint density at radius 2 is 2.26 bits per heavy atom. The molecule has 2 rings (SSSR count). The molecule has 0 saturated heterocycles. The third-order valence-corrected chi connectivity index (χ3v) is 5.87. The number of hydrogen-bond donors (Lipinski definition) is 1. The molecule has 0 aliphatic heterocycles. The molecule has 0 unspecified atom stereocenters. The lowest BCUT2D eigenvalue weighted by Crippen LogP contribution is -2.44. The van der Waals surface area contributed by atoms with Crippen LogP contribution in [-0.2, 0) is 4.79 Å². The zero-order chi connectivity index (χ0) is 13.8. The van der Waals surface area contributed by atoms with Crippen molar-refractivity contribution < 1.29 is 4.79 Å². The highest BCUT2D eigenvalue weighted by atomic mass is 32.2. The predicted molar refractivity (Wildman–Crippen MR) is 81.7 cm³/mol. The number of carbonyl (C=O) groups excluding carboxylic acids is 1. The fourth-order valence-corrected chi connectivity index (χ4v) is 4.42. The Labute approximate surface area is 123 Å². The van der Waals surface area contributed by atoms with Crippen LogP contribution in [0.4, 0.5) is 0 Å².